The molecule has 4 saturated carbocycles. The number of carbonyl (C=O) groups excluding carboxylic acids is 1. The van der Waals surface area contributed by atoms with Crippen molar-refractivity contribution in [2.75, 3.05) is 20.1 Å². The van der Waals surface area contributed by atoms with Crippen LogP contribution in [0.15, 0.2) is 0 Å². The van der Waals surface area contributed by atoms with Gasteiger partial charge in [0.1, 0.15) is 0 Å². The standard InChI is InChI=1S/C16H29N3O/c1-11(9-17-2)10-18-15(20)19-16-6-12-3-13(7-16)5-14(4-12)8-16/h11-14,17H,3-10H2,1-2H3,(H2,18,19,20). The van der Waals surface area contributed by atoms with Gasteiger partial charge < -0.3 is 16.0 Å². The van der Waals surface area contributed by atoms with E-state index in [0.29, 0.717) is 5.92 Å². The molecule has 3 N–H and O–H groups in total. The van der Waals surface area contributed by atoms with Gasteiger partial charge >= 0.3 is 6.03 Å². The number of carbonyl (C=O) groups is 1. The first-order valence-corrected chi connectivity index (χ1v) is 8.29. The zero-order valence-corrected chi connectivity index (χ0v) is 12.9. The van der Waals surface area contributed by atoms with Crippen LogP contribution < -0.4 is 16.0 Å². The molecular weight excluding hydrogens is 250 g/mol. The summed E-state index contributed by atoms with van der Waals surface area (Å²) in [6.07, 6.45) is 7.92. The first-order valence-electron chi connectivity index (χ1n) is 8.29. The Hall–Kier alpha value is -0.770. The molecule has 0 radical (unpaired) electrons. The van der Waals surface area contributed by atoms with Gasteiger partial charge in [0.15, 0.2) is 0 Å². The summed E-state index contributed by atoms with van der Waals surface area (Å²) in [7, 11) is 1.95. The third-order valence-corrected chi connectivity index (χ3v) is 5.58. The molecule has 0 aromatic rings. The average Bonchev–Trinajstić information content (AvgIpc) is 2.34. The van der Waals surface area contributed by atoms with Gasteiger partial charge in [0.2, 0.25) is 0 Å². The first kappa shape index (κ1) is 14.2. The van der Waals surface area contributed by atoms with Crippen LogP contribution >= 0.6 is 0 Å². The number of urea groups is 1. The smallest absolute Gasteiger partial charge is 0.315 e. The molecule has 1 atom stereocenters. The highest BCUT2D eigenvalue weighted by Gasteiger charge is 2.51. The molecule has 0 heterocycles. The highest BCUT2D eigenvalue weighted by molar-refractivity contribution is 5.74. The van der Waals surface area contributed by atoms with Gasteiger partial charge in [-0.15, -0.1) is 0 Å². The molecule has 4 aliphatic rings. The van der Waals surface area contributed by atoms with Gasteiger partial charge in [-0.25, -0.2) is 4.79 Å². The summed E-state index contributed by atoms with van der Waals surface area (Å²) in [4.78, 5) is 12.2. The Morgan fingerprint density at radius 3 is 2.15 bits per heavy atom. The van der Waals surface area contributed by atoms with Crippen molar-refractivity contribution in [2.24, 2.45) is 23.7 Å². The largest absolute Gasteiger partial charge is 0.338 e. The lowest BCUT2D eigenvalue weighted by Gasteiger charge is -2.56. The molecule has 0 aliphatic heterocycles. The predicted molar refractivity (Wildman–Crippen MR) is 80.5 cm³/mol. The zero-order chi connectivity index (χ0) is 14.2. The molecule has 4 fully saturated rings. The van der Waals surface area contributed by atoms with Crippen LogP contribution in [0, 0.1) is 23.7 Å². The van der Waals surface area contributed by atoms with Crippen molar-refractivity contribution in [2.45, 2.75) is 51.0 Å². The Morgan fingerprint density at radius 1 is 1.10 bits per heavy atom. The number of hydrogen-bond acceptors (Lipinski definition) is 2. The van der Waals surface area contributed by atoms with Gasteiger partial charge in [-0.1, -0.05) is 6.92 Å². The van der Waals surface area contributed by atoms with E-state index >= 15 is 0 Å². The molecule has 4 bridgehead atoms. The van der Waals surface area contributed by atoms with Gasteiger partial charge in [0, 0.05) is 12.1 Å². The molecule has 0 saturated heterocycles. The fraction of sp³-hybridized carbons (Fsp3) is 0.938. The SMILES string of the molecule is CNCC(C)CNC(=O)NC12CC3CC(CC(C3)C1)C2. The average molecular weight is 279 g/mol. The molecule has 20 heavy (non-hydrogen) atoms. The minimum Gasteiger partial charge on any atom is -0.338 e. The second-order valence-electron chi connectivity index (χ2n) is 7.70. The van der Waals surface area contributed by atoms with Crippen molar-refractivity contribution in [3.63, 3.8) is 0 Å². The highest BCUT2D eigenvalue weighted by atomic mass is 16.2. The van der Waals surface area contributed by atoms with Crippen LogP contribution in [0.3, 0.4) is 0 Å². The van der Waals surface area contributed by atoms with Crippen molar-refractivity contribution >= 4 is 6.03 Å². The Bertz CT molecular complexity index is 333. The third kappa shape index (κ3) is 2.95. The van der Waals surface area contributed by atoms with Crippen LogP contribution in [0.1, 0.15) is 45.4 Å². The van der Waals surface area contributed by atoms with E-state index in [0.717, 1.165) is 30.8 Å². The summed E-state index contributed by atoms with van der Waals surface area (Å²) in [5.74, 6) is 3.11. The lowest BCUT2D eigenvalue weighted by molar-refractivity contribution is -0.0135. The van der Waals surface area contributed by atoms with Crippen LogP contribution in [0.5, 0.6) is 0 Å². The fourth-order valence-electron chi connectivity index (χ4n) is 5.24. The topological polar surface area (TPSA) is 53.2 Å². The summed E-state index contributed by atoms with van der Waals surface area (Å²) in [6.45, 7) is 3.85. The second kappa shape index (κ2) is 5.55. The van der Waals surface area contributed by atoms with E-state index < -0.39 is 0 Å². The summed E-state index contributed by atoms with van der Waals surface area (Å²) in [6, 6.07) is 0.0508. The maximum Gasteiger partial charge on any atom is 0.315 e. The normalized spacial score (nSPS) is 39.6. The van der Waals surface area contributed by atoms with Gasteiger partial charge in [-0.05, 0) is 75.8 Å². The van der Waals surface area contributed by atoms with Crippen molar-refractivity contribution in [3.8, 4) is 0 Å². The molecule has 0 spiro atoms. The number of rotatable bonds is 5. The van der Waals surface area contributed by atoms with Crippen LogP contribution in [-0.2, 0) is 0 Å². The number of hydrogen-bond donors (Lipinski definition) is 3. The van der Waals surface area contributed by atoms with Crippen LogP contribution in [0.25, 0.3) is 0 Å². The highest BCUT2D eigenvalue weighted by Crippen LogP contribution is 2.55. The number of nitrogens with one attached hydrogen (secondary N) is 3. The molecule has 4 rings (SSSR count). The Morgan fingerprint density at radius 2 is 1.65 bits per heavy atom. The fourth-order valence-corrected chi connectivity index (χ4v) is 5.24. The summed E-state index contributed by atoms with van der Waals surface area (Å²) in [5, 5.41) is 9.55. The maximum atomic E-state index is 12.2. The van der Waals surface area contributed by atoms with E-state index in [1.165, 1.54) is 38.5 Å². The molecule has 0 aromatic heterocycles. The minimum absolute atomic E-state index is 0.0508. The van der Waals surface area contributed by atoms with Gasteiger partial charge in [0.05, 0.1) is 0 Å². The molecule has 114 valence electrons. The Kier molecular flexibility index (Phi) is 3.93. The van der Waals surface area contributed by atoms with E-state index in [-0.39, 0.29) is 11.6 Å². The molecule has 2 amide bonds. The molecule has 4 aliphatic carbocycles. The Balaban J connectivity index is 1.51. The monoisotopic (exact) mass is 279 g/mol. The van der Waals surface area contributed by atoms with Crippen LogP contribution in [0.2, 0.25) is 0 Å². The minimum atomic E-state index is 0.0508. The summed E-state index contributed by atoms with van der Waals surface area (Å²) < 4.78 is 0. The lowest BCUT2D eigenvalue weighted by Crippen LogP contribution is -2.61. The maximum absolute atomic E-state index is 12.2. The predicted octanol–water partition coefficient (Wildman–Crippen LogP) is 2.11. The molecule has 0 aromatic carbocycles. The molecular formula is C16H29N3O. The van der Waals surface area contributed by atoms with Crippen molar-refractivity contribution in [3.05, 3.63) is 0 Å². The quantitative estimate of drug-likeness (QED) is 0.722. The Labute approximate surface area is 122 Å². The van der Waals surface area contributed by atoms with E-state index in [2.05, 4.69) is 22.9 Å². The van der Waals surface area contributed by atoms with E-state index in [1.807, 2.05) is 7.05 Å². The van der Waals surface area contributed by atoms with E-state index in [1.54, 1.807) is 0 Å². The number of amides is 2. The molecule has 1 unspecified atom stereocenters. The molecule has 4 nitrogen and oxygen atoms in total. The third-order valence-electron chi connectivity index (χ3n) is 5.58. The van der Waals surface area contributed by atoms with Gasteiger partial charge in [-0.3, -0.25) is 0 Å². The van der Waals surface area contributed by atoms with Gasteiger partial charge in [0.25, 0.3) is 0 Å². The molecule has 4 heteroatoms. The van der Waals surface area contributed by atoms with Crippen molar-refractivity contribution < 1.29 is 4.79 Å². The van der Waals surface area contributed by atoms with Crippen molar-refractivity contribution in [1.82, 2.24) is 16.0 Å². The summed E-state index contributed by atoms with van der Waals surface area (Å²) >= 11 is 0. The second-order valence-corrected chi connectivity index (χ2v) is 7.70. The lowest BCUT2D eigenvalue weighted by atomic mass is 9.53. The first-order chi connectivity index (χ1) is 9.58. The van der Waals surface area contributed by atoms with Gasteiger partial charge in [-0.2, -0.15) is 0 Å². The summed E-state index contributed by atoms with van der Waals surface area (Å²) in [5.41, 5.74) is 0.130. The van der Waals surface area contributed by atoms with E-state index in [4.69, 9.17) is 0 Å². The van der Waals surface area contributed by atoms with E-state index in [9.17, 15) is 4.79 Å². The van der Waals surface area contributed by atoms with Crippen LogP contribution in [-0.4, -0.2) is 31.7 Å². The van der Waals surface area contributed by atoms with Crippen LogP contribution in [0.4, 0.5) is 4.79 Å². The van der Waals surface area contributed by atoms with Crippen molar-refractivity contribution in [1.29, 1.82) is 0 Å². The zero-order valence-electron chi connectivity index (χ0n) is 12.9.